The predicted octanol–water partition coefficient (Wildman–Crippen LogP) is 3.85. The van der Waals surface area contributed by atoms with E-state index in [-0.39, 0.29) is 19.6 Å². The Balaban J connectivity index is 2.15. The van der Waals surface area contributed by atoms with Crippen molar-refractivity contribution in [1.29, 1.82) is 0 Å². The molecule has 6 nitrogen and oxygen atoms in total. The molecule has 0 radical (unpaired) electrons. The second-order valence-corrected chi connectivity index (χ2v) is 6.98. The molecule has 0 saturated carbocycles. The van der Waals surface area contributed by atoms with Gasteiger partial charge in [-0.3, -0.25) is 14.4 Å². The lowest BCUT2D eigenvalue weighted by Gasteiger charge is -2.47. The molecule has 1 fully saturated rings. The molecule has 1 heterocycles. The summed E-state index contributed by atoms with van der Waals surface area (Å²) in [5.74, 6) is -1.19. The predicted molar refractivity (Wildman–Crippen MR) is 108 cm³/mol. The van der Waals surface area contributed by atoms with Crippen molar-refractivity contribution >= 4 is 11.9 Å². The van der Waals surface area contributed by atoms with Crippen LogP contribution in [0.3, 0.4) is 0 Å². The van der Waals surface area contributed by atoms with Crippen molar-refractivity contribution < 1.29 is 23.9 Å². The molecule has 0 N–H and O–H groups in total. The van der Waals surface area contributed by atoms with Gasteiger partial charge >= 0.3 is 11.9 Å². The fourth-order valence-corrected chi connectivity index (χ4v) is 3.98. The topological polar surface area (TPSA) is 65.1 Å². The van der Waals surface area contributed by atoms with Crippen molar-refractivity contribution in [2.75, 3.05) is 20.3 Å². The Bertz CT molecular complexity index is 806. The molecule has 0 amide bonds. The summed E-state index contributed by atoms with van der Waals surface area (Å²) in [6.07, 6.45) is -0.367. The zero-order chi connectivity index (χ0) is 20.9. The maximum Gasteiger partial charge on any atom is 0.325 e. The van der Waals surface area contributed by atoms with Crippen LogP contribution in [0.5, 0.6) is 0 Å². The second kappa shape index (κ2) is 9.20. The molecule has 0 unspecified atom stereocenters. The largest absolute Gasteiger partial charge is 0.465 e. The number of hydrogen-bond acceptors (Lipinski definition) is 6. The van der Waals surface area contributed by atoms with Gasteiger partial charge in [0.05, 0.1) is 19.3 Å². The van der Waals surface area contributed by atoms with Crippen LogP contribution >= 0.6 is 0 Å². The number of carbonyl (C=O) groups excluding carboxylic acids is 2. The van der Waals surface area contributed by atoms with Crippen LogP contribution in [0.4, 0.5) is 0 Å². The van der Waals surface area contributed by atoms with Crippen LogP contribution in [0.25, 0.3) is 0 Å². The molecule has 1 aliphatic rings. The molecule has 2 aromatic carbocycles. The van der Waals surface area contributed by atoms with E-state index in [0.717, 1.165) is 11.1 Å². The summed E-state index contributed by atoms with van der Waals surface area (Å²) in [7, 11) is 1.74. The molecule has 0 spiro atoms. The number of rotatable bonds is 6. The van der Waals surface area contributed by atoms with Crippen molar-refractivity contribution in [3.63, 3.8) is 0 Å². The Morgan fingerprint density at radius 1 is 0.931 bits per heavy atom. The SMILES string of the molecule is CCOC(=O)C1(C(=O)OCC)C[C@@H](c2ccccc2)ON(C)[C@@H]1c1ccccc1. The van der Waals surface area contributed by atoms with Gasteiger partial charge in [-0.25, -0.2) is 0 Å². The standard InChI is InChI=1S/C23H27NO5/c1-4-27-21(25)23(22(26)28-5-2)16-19(17-12-8-6-9-13-17)29-24(3)20(23)18-14-10-7-11-15-18/h6-15,19-20H,4-5,16H2,1-3H3/t19-,20+/m0/s1. The molecule has 2 atom stereocenters. The van der Waals surface area contributed by atoms with Gasteiger partial charge in [0, 0.05) is 13.5 Å². The van der Waals surface area contributed by atoms with Gasteiger partial charge in [-0.05, 0) is 25.0 Å². The van der Waals surface area contributed by atoms with Gasteiger partial charge in [-0.2, -0.15) is 5.06 Å². The fraction of sp³-hybridized carbons (Fsp3) is 0.391. The lowest BCUT2D eigenvalue weighted by molar-refractivity contribution is -0.278. The third kappa shape index (κ3) is 4.04. The number of nitrogens with zero attached hydrogens (tertiary/aromatic N) is 1. The molecule has 0 aliphatic carbocycles. The number of hydroxylamine groups is 2. The molecule has 154 valence electrons. The zero-order valence-electron chi connectivity index (χ0n) is 17.0. The van der Waals surface area contributed by atoms with Gasteiger partial charge < -0.3 is 9.47 Å². The maximum absolute atomic E-state index is 13.3. The van der Waals surface area contributed by atoms with E-state index in [1.807, 2.05) is 60.7 Å². The highest BCUT2D eigenvalue weighted by atomic mass is 16.7. The van der Waals surface area contributed by atoms with Gasteiger partial charge in [0.1, 0.15) is 6.10 Å². The summed E-state index contributed by atoms with van der Waals surface area (Å²) in [6, 6.07) is 18.2. The number of esters is 2. The smallest absolute Gasteiger partial charge is 0.325 e. The molecule has 0 aromatic heterocycles. The number of hydrogen-bond donors (Lipinski definition) is 0. The molecular formula is C23H27NO5. The van der Waals surface area contributed by atoms with Crippen molar-refractivity contribution in [3.05, 3.63) is 71.8 Å². The zero-order valence-corrected chi connectivity index (χ0v) is 17.0. The molecule has 0 bridgehead atoms. The minimum Gasteiger partial charge on any atom is -0.465 e. The fourth-order valence-electron chi connectivity index (χ4n) is 3.98. The normalized spacial score (nSPS) is 21.3. The molecule has 6 heteroatoms. The van der Waals surface area contributed by atoms with Crippen LogP contribution in [0, 0.1) is 5.41 Å². The summed E-state index contributed by atoms with van der Waals surface area (Å²) in [5.41, 5.74) is 0.104. The van der Waals surface area contributed by atoms with E-state index in [9.17, 15) is 9.59 Å². The van der Waals surface area contributed by atoms with Crippen LogP contribution in [0.1, 0.15) is 43.5 Å². The van der Waals surface area contributed by atoms with E-state index in [0.29, 0.717) is 0 Å². The van der Waals surface area contributed by atoms with Crippen LogP contribution in [-0.4, -0.2) is 37.3 Å². The van der Waals surface area contributed by atoms with E-state index < -0.39 is 29.5 Å². The molecule has 1 saturated heterocycles. The lowest BCUT2D eigenvalue weighted by atomic mass is 9.70. The third-order valence-corrected chi connectivity index (χ3v) is 5.20. The Kier molecular flexibility index (Phi) is 6.67. The highest BCUT2D eigenvalue weighted by molar-refractivity contribution is 6.01. The van der Waals surface area contributed by atoms with Gasteiger partial charge in [0.2, 0.25) is 0 Å². The molecule has 3 rings (SSSR count). The Labute approximate surface area is 171 Å². The number of ether oxygens (including phenoxy) is 2. The van der Waals surface area contributed by atoms with E-state index >= 15 is 0 Å². The lowest BCUT2D eigenvalue weighted by Crippen LogP contribution is -2.56. The molecular weight excluding hydrogens is 370 g/mol. The first-order chi connectivity index (χ1) is 14.0. The van der Waals surface area contributed by atoms with E-state index in [1.54, 1.807) is 26.0 Å². The average Bonchev–Trinajstić information content (AvgIpc) is 2.74. The van der Waals surface area contributed by atoms with Crippen molar-refractivity contribution in [2.24, 2.45) is 5.41 Å². The minimum atomic E-state index is -1.55. The summed E-state index contributed by atoms with van der Waals surface area (Å²) >= 11 is 0. The van der Waals surface area contributed by atoms with Crippen LogP contribution < -0.4 is 0 Å². The maximum atomic E-state index is 13.3. The monoisotopic (exact) mass is 397 g/mol. The van der Waals surface area contributed by atoms with Gasteiger partial charge in [-0.1, -0.05) is 60.7 Å². The van der Waals surface area contributed by atoms with Gasteiger partial charge in [0.15, 0.2) is 5.41 Å². The van der Waals surface area contributed by atoms with Crippen LogP contribution in [0.2, 0.25) is 0 Å². The summed E-state index contributed by atoms with van der Waals surface area (Å²) in [5, 5.41) is 1.59. The Hall–Kier alpha value is -2.70. The Morgan fingerprint density at radius 2 is 1.41 bits per heavy atom. The molecule has 2 aromatic rings. The van der Waals surface area contributed by atoms with Crippen LogP contribution in [-0.2, 0) is 23.9 Å². The third-order valence-electron chi connectivity index (χ3n) is 5.20. The summed E-state index contributed by atoms with van der Waals surface area (Å²) in [4.78, 5) is 32.8. The first-order valence-corrected chi connectivity index (χ1v) is 9.88. The van der Waals surface area contributed by atoms with Gasteiger partial charge in [-0.15, -0.1) is 0 Å². The minimum absolute atomic E-state index is 0.124. The molecule has 29 heavy (non-hydrogen) atoms. The number of benzene rings is 2. The summed E-state index contributed by atoms with van der Waals surface area (Å²) < 4.78 is 10.8. The van der Waals surface area contributed by atoms with Crippen LogP contribution in [0.15, 0.2) is 60.7 Å². The average molecular weight is 397 g/mol. The highest BCUT2D eigenvalue weighted by Gasteiger charge is 2.61. The first kappa shape index (κ1) is 21.0. The second-order valence-electron chi connectivity index (χ2n) is 6.98. The van der Waals surface area contributed by atoms with Crippen molar-refractivity contribution in [1.82, 2.24) is 5.06 Å². The van der Waals surface area contributed by atoms with E-state index in [1.165, 1.54) is 0 Å². The number of carbonyl (C=O) groups is 2. The highest BCUT2D eigenvalue weighted by Crippen LogP contribution is 2.51. The van der Waals surface area contributed by atoms with Gasteiger partial charge in [0.25, 0.3) is 0 Å². The Morgan fingerprint density at radius 3 is 1.90 bits per heavy atom. The first-order valence-electron chi connectivity index (χ1n) is 9.88. The van der Waals surface area contributed by atoms with E-state index in [2.05, 4.69) is 0 Å². The van der Waals surface area contributed by atoms with Crippen molar-refractivity contribution in [2.45, 2.75) is 32.4 Å². The summed E-state index contributed by atoms with van der Waals surface area (Å²) in [6.45, 7) is 3.79. The quantitative estimate of drug-likeness (QED) is 0.545. The van der Waals surface area contributed by atoms with Crippen molar-refractivity contribution in [3.8, 4) is 0 Å². The van der Waals surface area contributed by atoms with E-state index in [4.69, 9.17) is 14.3 Å². The molecule has 1 aliphatic heterocycles.